The maximum Gasteiger partial charge on any atom is 0.410 e. The summed E-state index contributed by atoms with van der Waals surface area (Å²) in [6.07, 6.45) is 4.13. The molecule has 2 aromatic rings. The average molecular weight is 431 g/mol. The number of aryl methyl sites for hydroxylation is 1. The number of carbonyl (C=O) groups is 1. The molecule has 3 aliphatic rings. The van der Waals surface area contributed by atoms with Crippen LogP contribution in [0.3, 0.4) is 0 Å². The van der Waals surface area contributed by atoms with Crippen LogP contribution in [0.4, 0.5) is 16.3 Å². The topological polar surface area (TPSA) is 74.7 Å². The lowest BCUT2D eigenvalue weighted by molar-refractivity contribution is 0.0490. The van der Waals surface area contributed by atoms with E-state index in [2.05, 4.69) is 24.8 Å². The van der Waals surface area contributed by atoms with E-state index in [1.54, 1.807) is 17.3 Å². The van der Waals surface area contributed by atoms with E-state index in [0.29, 0.717) is 31.2 Å². The number of fused-ring (bicyclic) bond motifs is 1. The summed E-state index contributed by atoms with van der Waals surface area (Å²) in [7, 11) is 0. The minimum Gasteiger partial charge on any atom is -0.442 e. The molecule has 8 nitrogen and oxygen atoms in total. The van der Waals surface area contributed by atoms with Crippen molar-refractivity contribution in [2.24, 2.45) is 0 Å². The van der Waals surface area contributed by atoms with Gasteiger partial charge < -0.3 is 14.5 Å². The number of hydrogen-bond acceptors (Lipinski definition) is 7. The first-order chi connectivity index (χ1) is 14.6. The maximum absolute atomic E-state index is 12.7. The third-order valence-electron chi connectivity index (χ3n) is 5.46. The van der Waals surface area contributed by atoms with Gasteiger partial charge in [-0.25, -0.2) is 14.8 Å². The molecule has 5 rings (SSSR count). The van der Waals surface area contributed by atoms with Gasteiger partial charge in [-0.1, -0.05) is 25.4 Å². The van der Waals surface area contributed by atoms with Gasteiger partial charge in [0.05, 0.1) is 48.8 Å². The van der Waals surface area contributed by atoms with E-state index in [1.165, 1.54) is 6.42 Å². The molecule has 2 aromatic heterocycles. The second kappa shape index (κ2) is 8.63. The summed E-state index contributed by atoms with van der Waals surface area (Å²) in [5.41, 5.74) is 2.94. The van der Waals surface area contributed by atoms with Crippen molar-refractivity contribution in [2.75, 3.05) is 36.0 Å². The molecule has 0 N–H and O–H groups in total. The number of ether oxygens (including phenoxy) is 1. The fourth-order valence-electron chi connectivity index (χ4n) is 3.79. The molecule has 2 saturated heterocycles. The highest BCUT2D eigenvalue weighted by molar-refractivity contribution is 6.30. The van der Waals surface area contributed by atoms with Crippen LogP contribution in [0, 0.1) is 6.92 Å². The molecular formula is C21H27ClN6O2. The Hall–Kier alpha value is -2.61. The van der Waals surface area contributed by atoms with Gasteiger partial charge in [0.25, 0.3) is 0 Å². The van der Waals surface area contributed by atoms with Crippen molar-refractivity contribution in [3.8, 4) is 0 Å². The first-order valence-electron chi connectivity index (χ1n) is 10.5. The van der Waals surface area contributed by atoms with Crippen LogP contribution in [-0.2, 0) is 17.8 Å². The lowest BCUT2D eigenvalue weighted by atomic mass is 10.1. The molecule has 0 atom stereocenters. The van der Waals surface area contributed by atoms with Crippen LogP contribution in [0.2, 0.25) is 5.02 Å². The van der Waals surface area contributed by atoms with Crippen molar-refractivity contribution >= 4 is 29.2 Å². The lowest BCUT2D eigenvalue weighted by Gasteiger charge is -2.40. The Labute approximate surface area is 181 Å². The zero-order valence-electron chi connectivity index (χ0n) is 17.6. The van der Waals surface area contributed by atoms with Crippen LogP contribution in [-0.4, -0.2) is 58.2 Å². The molecule has 5 heterocycles. The van der Waals surface area contributed by atoms with E-state index in [4.69, 9.17) is 16.3 Å². The summed E-state index contributed by atoms with van der Waals surface area (Å²) in [6.45, 7) is 10.2. The van der Waals surface area contributed by atoms with E-state index in [-0.39, 0.29) is 12.2 Å². The van der Waals surface area contributed by atoms with Crippen molar-refractivity contribution in [3.05, 3.63) is 40.6 Å². The summed E-state index contributed by atoms with van der Waals surface area (Å²) in [6, 6.07) is 1.86. The van der Waals surface area contributed by atoms with Crippen LogP contribution in [0.25, 0.3) is 0 Å². The van der Waals surface area contributed by atoms with Gasteiger partial charge in [0.1, 0.15) is 17.7 Å². The van der Waals surface area contributed by atoms with E-state index in [0.717, 1.165) is 41.7 Å². The van der Waals surface area contributed by atoms with Gasteiger partial charge >= 0.3 is 6.09 Å². The van der Waals surface area contributed by atoms with E-state index in [9.17, 15) is 4.79 Å². The number of rotatable bonds is 3. The second-order valence-electron chi connectivity index (χ2n) is 7.49. The summed E-state index contributed by atoms with van der Waals surface area (Å²) in [5, 5.41) is 0.599. The molecular weight excluding hydrogens is 404 g/mol. The molecule has 2 fully saturated rings. The number of aromatic nitrogens is 3. The van der Waals surface area contributed by atoms with Crippen LogP contribution in [0.1, 0.15) is 37.4 Å². The molecule has 0 unspecified atom stereocenters. The van der Waals surface area contributed by atoms with Crippen molar-refractivity contribution in [1.82, 2.24) is 19.9 Å². The Morgan fingerprint density at radius 3 is 2.57 bits per heavy atom. The standard InChI is InChI=1S/C19H21ClN6O2.C2H6/c1-12-22-17-11-26(10-16(17)18(23-12)24-3-2-4-24)19(27)28-15-8-25(9-15)14-5-13(20)6-21-7-14;1-2/h5-7,15H,2-4,8-11H2,1H3;1-2H3. The van der Waals surface area contributed by atoms with Crippen molar-refractivity contribution < 1.29 is 9.53 Å². The summed E-state index contributed by atoms with van der Waals surface area (Å²) < 4.78 is 5.68. The van der Waals surface area contributed by atoms with Crippen molar-refractivity contribution in [2.45, 2.75) is 46.4 Å². The predicted octanol–water partition coefficient (Wildman–Crippen LogP) is 3.41. The van der Waals surface area contributed by atoms with Crippen molar-refractivity contribution in [1.29, 1.82) is 0 Å². The Morgan fingerprint density at radius 2 is 1.90 bits per heavy atom. The molecule has 0 saturated carbocycles. The van der Waals surface area contributed by atoms with Gasteiger partial charge in [-0.3, -0.25) is 9.88 Å². The third-order valence-corrected chi connectivity index (χ3v) is 5.66. The Bertz CT molecular complexity index is 930. The largest absolute Gasteiger partial charge is 0.442 e. The number of carbonyl (C=O) groups excluding carboxylic acids is 1. The zero-order chi connectivity index (χ0) is 21.3. The average Bonchev–Trinajstić information content (AvgIpc) is 3.08. The van der Waals surface area contributed by atoms with E-state index in [1.807, 2.05) is 26.8 Å². The number of hydrogen-bond donors (Lipinski definition) is 0. The first-order valence-corrected chi connectivity index (χ1v) is 10.9. The Kier molecular flexibility index (Phi) is 5.94. The molecule has 0 aliphatic carbocycles. The molecule has 30 heavy (non-hydrogen) atoms. The predicted molar refractivity (Wildman–Crippen MR) is 116 cm³/mol. The fraction of sp³-hybridized carbons (Fsp3) is 0.524. The monoisotopic (exact) mass is 430 g/mol. The fourth-order valence-corrected chi connectivity index (χ4v) is 3.96. The third kappa shape index (κ3) is 4.01. The number of pyridine rings is 1. The van der Waals surface area contributed by atoms with Gasteiger partial charge in [-0.2, -0.15) is 0 Å². The lowest BCUT2D eigenvalue weighted by Crippen LogP contribution is -2.54. The Balaban J connectivity index is 0.00000106. The number of halogens is 1. The van der Waals surface area contributed by atoms with Crippen molar-refractivity contribution in [3.63, 3.8) is 0 Å². The molecule has 0 spiro atoms. The minimum absolute atomic E-state index is 0.127. The van der Waals surface area contributed by atoms with E-state index < -0.39 is 0 Å². The highest BCUT2D eigenvalue weighted by Gasteiger charge is 2.36. The highest BCUT2D eigenvalue weighted by atomic mass is 35.5. The zero-order valence-corrected chi connectivity index (χ0v) is 18.4. The number of anilines is 2. The smallest absolute Gasteiger partial charge is 0.410 e. The van der Waals surface area contributed by atoms with E-state index >= 15 is 0 Å². The van der Waals surface area contributed by atoms with Crippen LogP contribution in [0.15, 0.2) is 18.5 Å². The van der Waals surface area contributed by atoms with Gasteiger partial charge in [-0.15, -0.1) is 0 Å². The maximum atomic E-state index is 12.7. The normalized spacial score (nSPS) is 17.5. The van der Waals surface area contributed by atoms with Gasteiger partial charge in [0.2, 0.25) is 0 Å². The van der Waals surface area contributed by atoms with Crippen LogP contribution < -0.4 is 9.80 Å². The summed E-state index contributed by atoms with van der Waals surface area (Å²) in [5.74, 6) is 1.73. The molecule has 0 bridgehead atoms. The van der Waals surface area contributed by atoms with Gasteiger partial charge in [0, 0.05) is 24.8 Å². The van der Waals surface area contributed by atoms with Gasteiger partial charge in [0.15, 0.2) is 0 Å². The number of amides is 1. The minimum atomic E-state index is -0.293. The Morgan fingerprint density at radius 1 is 1.13 bits per heavy atom. The van der Waals surface area contributed by atoms with Crippen LogP contribution >= 0.6 is 11.6 Å². The van der Waals surface area contributed by atoms with Crippen LogP contribution in [0.5, 0.6) is 0 Å². The first kappa shape index (κ1) is 20.7. The molecule has 1 amide bonds. The SMILES string of the molecule is CC.Cc1nc2c(c(N3CCC3)n1)CN(C(=O)OC1CN(c3cncc(Cl)c3)C1)C2. The second-order valence-corrected chi connectivity index (χ2v) is 7.92. The molecule has 0 radical (unpaired) electrons. The molecule has 0 aromatic carbocycles. The summed E-state index contributed by atoms with van der Waals surface area (Å²) >= 11 is 5.99. The molecule has 3 aliphatic heterocycles. The quantitative estimate of drug-likeness (QED) is 0.738. The number of nitrogens with zero attached hydrogens (tertiary/aromatic N) is 6. The molecule has 9 heteroatoms. The summed E-state index contributed by atoms with van der Waals surface area (Å²) in [4.78, 5) is 32.0. The molecule has 160 valence electrons. The van der Waals surface area contributed by atoms with Gasteiger partial charge in [-0.05, 0) is 19.4 Å². The highest BCUT2D eigenvalue weighted by Crippen LogP contribution is 2.32.